The van der Waals surface area contributed by atoms with Crippen LogP contribution in [0.1, 0.15) is 17.8 Å². The van der Waals surface area contributed by atoms with Crippen LogP contribution in [0.5, 0.6) is 0 Å². The first-order valence-electron chi connectivity index (χ1n) is 3.38. The molecule has 0 aliphatic rings. The molecule has 0 aromatic carbocycles. The van der Waals surface area contributed by atoms with Crippen LogP contribution in [-0.2, 0) is 0 Å². The fraction of sp³-hybridized carbons (Fsp3) is 0.250. The second-order valence-electron chi connectivity index (χ2n) is 2.18. The van der Waals surface area contributed by atoms with E-state index in [0.717, 1.165) is 11.4 Å². The van der Waals surface area contributed by atoms with Crippen LogP contribution < -0.4 is 0 Å². The van der Waals surface area contributed by atoms with Gasteiger partial charge in [-0.15, -0.1) is 0 Å². The molecule has 0 aliphatic carbocycles. The van der Waals surface area contributed by atoms with Gasteiger partial charge in [-0.3, -0.25) is 0 Å². The maximum atomic E-state index is 8.23. The van der Waals surface area contributed by atoms with E-state index in [4.69, 9.17) is 5.26 Å². The van der Waals surface area contributed by atoms with E-state index in [-0.39, 0.29) is 0 Å². The van der Waals surface area contributed by atoms with Crippen LogP contribution in [0.4, 0.5) is 0 Å². The van der Waals surface area contributed by atoms with Gasteiger partial charge in [0.05, 0.1) is 24.5 Å². The first-order chi connectivity index (χ1) is 5.34. The summed E-state index contributed by atoms with van der Waals surface area (Å²) >= 11 is 0. The van der Waals surface area contributed by atoms with E-state index in [2.05, 4.69) is 9.97 Å². The lowest BCUT2D eigenvalue weighted by Gasteiger charge is -1.84. The highest BCUT2D eigenvalue weighted by atomic mass is 14.9. The normalized spacial score (nSPS) is 10.2. The molecule has 11 heavy (non-hydrogen) atoms. The van der Waals surface area contributed by atoms with Gasteiger partial charge in [0.1, 0.15) is 0 Å². The van der Waals surface area contributed by atoms with Gasteiger partial charge in [-0.2, -0.15) is 5.26 Å². The minimum atomic E-state index is 0.437. The zero-order valence-electron chi connectivity index (χ0n) is 6.33. The zero-order valence-corrected chi connectivity index (χ0v) is 6.33. The maximum absolute atomic E-state index is 8.23. The van der Waals surface area contributed by atoms with E-state index >= 15 is 0 Å². The van der Waals surface area contributed by atoms with Crippen molar-refractivity contribution in [1.82, 2.24) is 9.97 Å². The molecule has 0 radical (unpaired) electrons. The second kappa shape index (κ2) is 3.57. The number of hydrogen-bond acceptors (Lipinski definition) is 2. The SMILES string of the molecule is Cc1[nH]cnc1C=CCC#N. The Labute approximate surface area is 65.4 Å². The molecule has 1 rings (SSSR count). The summed E-state index contributed by atoms with van der Waals surface area (Å²) in [6, 6.07) is 2.02. The molecule has 0 amide bonds. The van der Waals surface area contributed by atoms with Gasteiger partial charge in [0, 0.05) is 5.69 Å². The molecule has 56 valence electrons. The molecule has 0 unspecified atom stereocenters. The largest absolute Gasteiger partial charge is 0.348 e. The van der Waals surface area contributed by atoms with Crippen LogP contribution >= 0.6 is 0 Å². The number of H-pyrrole nitrogens is 1. The number of allylic oxidation sites excluding steroid dienone is 1. The monoisotopic (exact) mass is 147 g/mol. The Hall–Kier alpha value is -1.56. The van der Waals surface area contributed by atoms with E-state index in [1.165, 1.54) is 0 Å². The Balaban J connectivity index is 2.65. The van der Waals surface area contributed by atoms with Crippen molar-refractivity contribution >= 4 is 6.08 Å². The summed E-state index contributed by atoms with van der Waals surface area (Å²) in [5.41, 5.74) is 1.93. The molecule has 1 aromatic heterocycles. The quantitative estimate of drug-likeness (QED) is 0.691. The molecule has 1 N–H and O–H groups in total. The van der Waals surface area contributed by atoms with Crippen molar-refractivity contribution in [3.8, 4) is 6.07 Å². The number of aromatic amines is 1. The Morgan fingerprint density at radius 2 is 2.64 bits per heavy atom. The minimum absolute atomic E-state index is 0.437. The summed E-state index contributed by atoms with van der Waals surface area (Å²) in [7, 11) is 0. The molecule has 0 fully saturated rings. The van der Waals surface area contributed by atoms with E-state index < -0.39 is 0 Å². The Morgan fingerprint density at radius 3 is 3.18 bits per heavy atom. The van der Waals surface area contributed by atoms with Crippen molar-refractivity contribution in [3.05, 3.63) is 23.8 Å². The third-order valence-corrected chi connectivity index (χ3v) is 1.35. The molecule has 0 atom stereocenters. The lowest BCUT2D eigenvalue weighted by atomic mass is 10.3. The van der Waals surface area contributed by atoms with Crippen LogP contribution in [-0.4, -0.2) is 9.97 Å². The van der Waals surface area contributed by atoms with Crippen molar-refractivity contribution in [2.75, 3.05) is 0 Å². The number of imidazole rings is 1. The van der Waals surface area contributed by atoms with Gasteiger partial charge >= 0.3 is 0 Å². The molecule has 0 saturated heterocycles. The average Bonchev–Trinajstić information content (AvgIpc) is 2.37. The van der Waals surface area contributed by atoms with Crippen molar-refractivity contribution in [2.45, 2.75) is 13.3 Å². The van der Waals surface area contributed by atoms with Crippen molar-refractivity contribution in [2.24, 2.45) is 0 Å². The van der Waals surface area contributed by atoms with Gasteiger partial charge in [0.15, 0.2) is 0 Å². The zero-order chi connectivity index (χ0) is 8.10. The van der Waals surface area contributed by atoms with E-state index in [0.29, 0.717) is 6.42 Å². The lowest BCUT2D eigenvalue weighted by molar-refractivity contribution is 1.25. The molecular formula is C8H9N3. The minimum Gasteiger partial charge on any atom is -0.348 e. The number of hydrogen-bond donors (Lipinski definition) is 1. The van der Waals surface area contributed by atoms with E-state index in [1.54, 1.807) is 12.4 Å². The molecule has 3 heteroatoms. The third-order valence-electron chi connectivity index (χ3n) is 1.35. The summed E-state index contributed by atoms with van der Waals surface area (Å²) in [6.07, 6.45) is 5.71. The molecule has 0 bridgehead atoms. The highest BCUT2D eigenvalue weighted by Gasteiger charge is 1.92. The number of nitrogens with zero attached hydrogens (tertiary/aromatic N) is 2. The van der Waals surface area contributed by atoms with Crippen molar-refractivity contribution in [3.63, 3.8) is 0 Å². The Kier molecular flexibility index (Phi) is 2.45. The highest BCUT2D eigenvalue weighted by Crippen LogP contribution is 2.02. The van der Waals surface area contributed by atoms with Crippen LogP contribution in [0.15, 0.2) is 12.4 Å². The van der Waals surface area contributed by atoms with Gasteiger partial charge in [0.25, 0.3) is 0 Å². The highest BCUT2D eigenvalue weighted by molar-refractivity contribution is 5.46. The van der Waals surface area contributed by atoms with Crippen LogP contribution in [0, 0.1) is 18.3 Å². The summed E-state index contributed by atoms with van der Waals surface area (Å²) in [6.45, 7) is 1.94. The number of nitriles is 1. The molecular weight excluding hydrogens is 138 g/mol. The van der Waals surface area contributed by atoms with Crippen LogP contribution in [0.3, 0.4) is 0 Å². The predicted molar refractivity (Wildman–Crippen MR) is 42.6 cm³/mol. The van der Waals surface area contributed by atoms with Crippen LogP contribution in [0.25, 0.3) is 6.08 Å². The maximum Gasteiger partial charge on any atom is 0.0929 e. The number of aromatic nitrogens is 2. The summed E-state index contributed by atoms with van der Waals surface area (Å²) in [4.78, 5) is 6.99. The summed E-state index contributed by atoms with van der Waals surface area (Å²) < 4.78 is 0. The van der Waals surface area contributed by atoms with Gasteiger partial charge in [-0.25, -0.2) is 4.98 Å². The van der Waals surface area contributed by atoms with Crippen molar-refractivity contribution < 1.29 is 0 Å². The topological polar surface area (TPSA) is 52.5 Å². The molecule has 0 aliphatic heterocycles. The molecule has 1 heterocycles. The first kappa shape index (κ1) is 7.55. The smallest absolute Gasteiger partial charge is 0.0929 e. The fourth-order valence-electron chi connectivity index (χ4n) is 0.761. The Bertz CT molecular complexity index is 291. The molecule has 0 spiro atoms. The van der Waals surface area contributed by atoms with Crippen LogP contribution in [0.2, 0.25) is 0 Å². The number of nitrogens with one attached hydrogen (secondary N) is 1. The van der Waals surface area contributed by atoms with Gasteiger partial charge in [-0.1, -0.05) is 6.08 Å². The summed E-state index contributed by atoms with van der Waals surface area (Å²) in [5.74, 6) is 0. The van der Waals surface area contributed by atoms with Gasteiger partial charge < -0.3 is 4.98 Å². The number of rotatable bonds is 2. The predicted octanol–water partition coefficient (Wildman–Crippen LogP) is 1.64. The second-order valence-corrected chi connectivity index (χ2v) is 2.18. The summed E-state index contributed by atoms with van der Waals surface area (Å²) in [5, 5.41) is 8.23. The molecule has 3 nitrogen and oxygen atoms in total. The standard InChI is InChI=1S/C8H9N3/c1-7-8(11-6-10-7)4-2-3-5-9/h2,4,6H,3H2,1H3,(H,10,11). The third kappa shape index (κ3) is 1.94. The van der Waals surface area contributed by atoms with Gasteiger partial charge in [0.2, 0.25) is 0 Å². The fourth-order valence-corrected chi connectivity index (χ4v) is 0.761. The average molecular weight is 147 g/mol. The molecule has 0 saturated carbocycles. The first-order valence-corrected chi connectivity index (χ1v) is 3.38. The Morgan fingerprint density at radius 1 is 1.82 bits per heavy atom. The lowest BCUT2D eigenvalue weighted by Crippen LogP contribution is -1.74. The van der Waals surface area contributed by atoms with Crippen molar-refractivity contribution in [1.29, 1.82) is 5.26 Å². The van der Waals surface area contributed by atoms with Gasteiger partial charge in [-0.05, 0) is 13.0 Å². The molecule has 1 aromatic rings. The van der Waals surface area contributed by atoms with E-state index in [1.807, 2.05) is 19.1 Å². The number of aryl methyl sites for hydroxylation is 1. The van der Waals surface area contributed by atoms with E-state index in [9.17, 15) is 0 Å².